The molecule has 0 atom stereocenters. The molecule has 0 saturated carbocycles. The van der Waals surface area contributed by atoms with E-state index in [2.05, 4.69) is 112 Å². The third kappa shape index (κ3) is 4.17. The van der Waals surface area contributed by atoms with Gasteiger partial charge in [-0.15, -0.1) is 0 Å². The van der Waals surface area contributed by atoms with Crippen molar-refractivity contribution >= 4 is 57.5 Å². The van der Waals surface area contributed by atoms with E-state index < -0.39 is 18.6 Å². The van der Waals surface area contributed by atoms with E-state index in [1.165, 1.54) is 29.9 Å². The third-order valence-electron chi connectivity index (χ3n) is 4.41. The van der Waals surface area contributed by atoms with Crippen molar-refractivity contribution in [3.05, 3.63) is 36.4 Å². The first kappa shape index (κ1) is 21.0. The molecule has 0 amide bonds. The second-order valence-electron chi connectivity index (χ2n) is 7.23. The Hall–Kier alpha value is -1.27. The average Bonchev–Trinajstić information content (AvgIpc) is 2.59. The van der Waals surface area contributed by atoms with Crippen LogP contribution in [0.4, 0.5) is 22.7 Å². The zero-order valence-electron chi connectivity index (χ0n) is 17.1. The van der Waals surface area contributed by atoms with Crippen LogP contribution in [0.2, 0.25) is 0 Å². The van der Waals surface area contributed by atoms with Gasteiger partial charge in [0.25, 0.3) is 0 Å². The molecule has 0 bridgehead atoms. The minimum atomic E-state index is -2.71. The summed E-state index contributed by atoms with van der Waals surface area (Å²) in [6.07, 6.45) is 0. The summed E-state index contributed by atoms with van der Waals surface area (Å²) in [5.41, 5.74) is 4.88. The molecule has 141 valence electrons. The zero-order chi connectivity index (χ0) is 19.6. The van der Waals surface area contributed by atoms with Gasteiger partial charge in [0.1, 0.15) is 0 Å². The number of halogens is 1. The van der Waals surface area contributed by atoms with E-state index in [0.717, 1.165) is 0 Å². The Balaban J connectivity index is 2.80. The van der Waals surface area contributed by atoms with Crippen molar-refractivity contribution in [1.29, 1.82) is 0 Å². The number of nitrogens with zero attached hydrogens (tertiary/aromatic N) is 4. The van der Waals surface area contributed by atoms with E-state index in [4.69, 9.17) is 8.92 Å². The fraction of sp³-hybridized carbons (Fsp3) is 0.400. The van der Waals surface area contributed by atoms with Gasteiger partial charge in [-0.2, -0.15) is 0 Å². The molecular formula is C20H30ClN4Sn. The van der Waals surface area contributed by atoms with Gasteiger partial charge in [-0.05, 0) is 0 Å². The molecule has 2 rings (SSSR count). The molecular weight excluding hydrogens is 450 g/mol. The van der Waals surface area contributed by atoms with Crippen molar-refractivity contribution < 1.29 is 0 Å². The first-order chi connectivity index (χ1) is 12.2. The van der Waals surface area contributed by atoms with Gasteiger partial charge in [0.05, 0.1) is 0 Å². The number of rotatable bonds is 6. The second-order valence-corrected chi connectivity index (χ2v) is 14.4. The molecule has 0 saturated heterocycles. The summed E-state index contributed by atoms with van der Waals surface area (Å²) < 4.78 is 2.65. The van der Waals surface area contributed by atoms with Crippen molar-refractivity contribution in [1.82, 2.24) is 0 Å². The zero-order valence-corrected chi connectivity index (χ0v) is 20.7. The first-order valence-electron chi connectivity index (χ1n) is 8.65. The van der Waals surface area contributed by atoms with Crippen LogP contribution in [0.3, 0.4) is 0 Å². The molecule has 6 heteroatoms. The fourth-order valence-electron chi connectivity index (χ4n) is 3.12. The molecule has 0 spiro atoms. The summed E-state index contributed by atoms with van der Waals surface area (Å²) in [6.45, 7) is 0. The van der Waals surface area contributed by atoms with E-state index in [0.29, 0.717) is 0 Å². The molecule has 0 N–H and O–H groups in total. The van der Waals surface area contributed by atoms with Crippen LogP contribution in [0.1, 0.15) is 0 Å². The standard InChI is InChI=1S/2C10H15N2.ClH.Sn/c2*1-11(2)9-6-5-7-10(8-9)12(3)4;;/h2*5-7H,1-4H3;1H;/q;;;+1/p-1. The van der Waals surface area contributed by atoms with Crippen LogP contribution in [-0.2, 0) is 0 Å². The van der Waals surface area contributed by atoms with Gasteiger partial charge < -0.3 is 0 Å². The summed E-state index contributed by atoms with van der Waals surface area (Å²) in [6, 6.07) is 13.0. The van der Waals surface area contributed by atoms with Crippen LogP contribution in [0, 0.1) is 0 Å². The fourth-order valence-corrected chi connectivity index (χ4v) is 12.5. The van der Waals surface area contributed by atoms with E-state index in [1.807, 2.05) is 0 Å². The molecule has 0 aromatic heterocycles. The molecule has 0 aliphatic rings. The molecule has 0 heterocycles. The predicted molar refractivity (Wildman–Crippen MR) is 121 cm³/mol. The molecule has 4 nitrogen and oxygen atoms in total. The molecule has 0 fully saturated rings. The Bertz CT molecular complexity index is 643. The normalized spacial score (nSPS) is 10.8. The van der Waals surface area contributed by atoms with Gasteiger partial charge >= 0.3 is 170 Å². The molecule has 0 aliphatic heterocycles. The van der Waals surface area contributed by atoms with E-state index >= 15 is 0 Å². The maximum atomic E-state index is 7.42. The van der Waals surface area contributed by atoms with E-state index in [-0.39, 0.29) is 0 Å². The quantitative estimate of drug-likeness (QED) is 0.589. The number of anilines is 4. The van der Waals surface area contributed by atoms with Gasteiger partial charge in [-0.25, -0.2) is 0 Å². The molecule has 2 aromatic carbocycles. The van der Waals surface area contributed by atoms with Crippen molar-refractivity contribution in [3.63, 3.8) is 0 Å². The number of hydrogen-bond acceptors (Lipinski definition) is 4. The van der Waals surface area contributed by atoms with Crippen molar-refractivity contribution in [3.8, 4) is 0 Å². The summed E-state index contributed by atoms with van der Waals surface area (Å²) in [7, 11) is 24.2. The minimum absolute atomic E-state index is 1.22. The molecule has 26 heavy (non-hydrogen) atoms. The summed E-state index contributed by atoms with van der Waals surface area (Å²) in [5.74, 6) is 0. The Morgan fingerprint density at radius 3 is 0.962 bits per heavy atom. The van der Waals surface area contributed by atoms with Gasteiger partial charge in [0.2, 0.25) is 0 Å². The van der Waals surface area contributed by atoms with Gasteiger partial charge in [-0.3, -0.25) is 0 Å². The monoisotopic (exact) mass is 481 g/mol. The number of hydrogen-bond donors (Lipinski definition) is 0. The first-order valence-corrected chi connectivity index (χ1v) is 15.1. The maximum absolute atomic E-state index is 7.42. The van der Waals surface area contributed by atoms with Crippen LogP contribution in [-0.4, -0.2) is 75.0 Å². The SMILES string of the molecule is CN(C)c1cccc(N(C)C)[c]1[Sn]([Cl])[c]1c(N(C)C)cccc1N(C)C. The Kier molecular flexibility index (Phi) is 6.97. The van der Waals surface area contributed by atoms with E-state index in [1.54, 1.807) is 0 Å². The Morgan fingerprint density at radius 1 is 0.538 bits per heavy atom. The van der Waals surface area contributed by atoms with Crippen molar-refractivity contribution in [2.45, 2.75) is 0 Å². The van der Waals surface area contributed by atoms with E-state index in [9.17, 15) is 0 Å². The topological polar surface area (TPSA) is 13.0 Å². The van der Waals surface area contributed by atoms with Gasteiger partial charge in [0.15, 0.2) is 0 Å². The van der Waals surface area contributed by atoms with Crippen LogP contribution in [0.15, 0.2) is 36.4 Å². The molecule has 1 radical (unpaired) electrons. The molecule has 0 aliphatic carbocycles. The summed E-state index contributed by atoms with van der Waals surface area (Å²) >= 11 is -2.71. The Labute approximate surface area is 169 Å². The van der Waals surface area contributed by atoms with Crippen LogP contribution < -0.4 is 26.8 Å². The predicted octanol–water partition coefficient (Wildman–Crippen LogP) is 2.30. The second kappa shape index (κ2) is 8.61. The summed E-state index contributed by atoms with van der Waals surface area (Å²) in [5, 5.41) is 0. The third-order valence-corrected chi connectivity index (χ3v) is 12.4. The Morgan fingerprint density at radius 2 is 0.769 bits per heavy atom. The van der Waals surface area contributed by atoms with Crippen LogP contribution in [0.25, 0.3) is 0 Å². The summed E-state index contributed by atoms with van der Waals surface area (Å²) in [4.78, 5) is 8.72. The molecule has 0 unspecified atom stereocenters. The molecule has 2 aromatic rings. The van der Waals surface area contributed by atoms with Crippen LogP contribution >= 0.6 is 8.92 Å². The van der Waals surface area contributed by atoms with Crippen molar-refractivity contribution in [2.75, 3.05) is 76.0 Å². The van der Waals surface area contributed by atoms with Crippen molar-refractivity contribution in [2.24, 2.45) is 0 Å². The average molecular weight is 481 g/mol. The van der Waals surface area contributed by atoms with Crippen LogP contribution in [0.5, 0.6) is 0 Å². The van der Waals surface area contributed by atoms with Gasteiger partial charge in [-0.1, -0.05) is 0 Å². The van der Waals surface area contributed by atoms with Gasteiger partial charge in [0, 0.05) is 0 Å². The number of benzene rings is 2.